The Morgan fingerprint density at radius 3 is 2.79 bits per heavy atom. The van der Waals surface area contributed by atoms with Crippen molar-refractivity contribution in [2.45, 2.75) is 13.5 Å². The first-order chi connectivity index (χ1) is 9.27. The summed E-state index contributed by atoms with van der Waals surface area (Å²) in [5, 5.41) is 3.86. The summed E-state index contributed by atoms with van der Waals surface area (Å²) in [7, 11) is 1.64. The molecule has 1 heterocycles. The van der Waals surface area contributed by atoms with Gasteiger partial charge in [-0.1, -0.05) is 18.5 Å². The Balaban J connectivity index is 2.33. The number of rotatable bonds is 10. The molecule has 0 bridgehead atoms. The lowest BCUT2D eigenvalue weighted by Gasteiger charge is -2.09. The molecular formula is C13H21ClN2O3. The van der Waals surface area contributed by atoms with Crippen molar-refractivity contribution in [3.8, 4) is 5.88 Å². The fourth-order valence-electron chi connectivity index (χ4n) is 1.38. The van der Waals surface area contributed by atoms with Crippen molar-refractivity contribution in [2.24, 2.45) is 0 Å². The van der Waals surface area contributed by atoms with Crippen LogP contribution < -0.4 is 10.1 Å². The Bertz CT molecular complexity index is 364. The van der Waals surface area contributed by atoms with Crippen LogP contribution in [-0.2, 0) is 16.0 Å². The van der Waals surface area contributed by atoms with E-state index in [9.17, 15) is 0 Å². The molecule has 6 heteroatoms. The van der Waals surface area contributed by atoms with Gasteiger partial charge in [0.15, 0.2) is 0 Å². The van der Waals surface area contributed by atoms with Crippen molar-refractivity contribution in [2.75, 3.05) is 40.1 Å². The maximum absolute atomic E-state index is 6.05. The third-order valence-electron chi connectivity index (χ3n) is 2.38. The van der Waals surface area contributed by atoms with E-state index in [0.717, 1.165) is 12.1 Å². The number of nitrogens with one attached hydrogen (secondary N) is 1. The van der Waals surface area contributed by atoms with Gasteiger partial charge in [-0.25, -0.2) is 4.98 Å². The number of halogens is 1. The zero-order chi connectivity index (χ0) is 13.9. The largest absolute Gasteiger partial charge is 0.475 e. The van der Waals surface area contributed by atoms with E-state index in [0.29, 0.717) is 43.9 Å². The molecule has 0 aliphatic carbocycles. The molecule has 0 atom stereocenters. The van der Waals surface area contributed by atoms with Crippen LogP contribution in [0.4, 0.5) is 0 Å². The topological polar surface area (TPSA) is 52.6 Å². The van der Waals surface area contributed by atoms with Gasteiger partial charge < -0.3 is 19.5 Å². The smallest absolute Gasteiger partial charge is 0.213 e. The van der Waals surface area contributed by atoms with Crippen molar-refractivity contribution >= 4 is 11.6 Å². The van der Waals surface area contributed by atoms with Crippen LogP contribution in [0.2, 0.25) is 5.02 Å². The van der Waals surface area contributed by atoms with Crippen molar-refractivity contribution in [1.82, 2.24) is 10.3 Å². The summed E-state index contributed by atoms with van der Waals surface area (Å²) < 4.78 is 15.7. The molecule has 0 radical (unpaired) electrons. The molecular weight excluding hydrogens is 268 g/mol. The van der Waals surface area contributed by atoms with E-state index >= 15 is 0 Å². The van der Waals surface area contributed by atoms with E-state index in [2.05, 4.69) is 10.3 Å². The molecule has 19 heavy (non-hydrogen) atoms. The number of hydrogen-bond acceptors (Lipinski definition) is 5. The van der Waals surface area contributed by atoms with E-state index in [-0.39, 0.29) is 0 Å². The number of hydrogen-bond donors (Lipinski definition) is 1. The summed E-state index contributed by atoms with van der Waals surface area (Å²) in [6.07, 6.45) is 1.61. The van der Waals surface area contributed by atoms with Gasteiger partial charge in [0.05, 0.1) is 24.8 Å². The summed E-state index contributed by atoms with van der Waals surface area (Å²) in [6, 6.07) is 1.85. The second kappa shape index (κ2) is 9.97. The molecule has 1 N–H and O–H groups in total. The van der Waals surface area contributed by atoms with Gasteiger partial charge in [0.1, 0.15) is 6.61 Å². The fourth-order valence-corrected chi connectivity index (χ4v) is 1.55. The molecule has 0 saturated carbocycles. The first-order valence-corrected chi connectivity index (χ1v) is 6.70. The molecule has 0 aliphatic rings. The number of methoxy groups -OCH3 is 1. The Morgan fingerprint density at radius 2 is 2.05 bits per heavy atom. The molecule has 108 valence electrons. The lowest BCUT2D eigenvalue weighted by molar-refractivity contribution is 0.0536. The molecule has 0 unspecified atom stereocenters. The molecule has 0 aliphatic heterocycles. The van der Waals surface area contributed by atoms with Crippen molar-refractivity contribution < 1.29 is 14.2 Å². The second-order valence-electron chi connectivity index (χ2n) is 3.85. The minimum atomic E-state index is 0.457. The van der Waals surface area contributed by atoms with Crippen LogP contribution >= 0.6 is 11.6 Å². The number of ether oxygens (including phenoxy) is 3. The summed E-state index contributed by atoms with van der Waals surface area (Å²) in [5.74, 6) is 0.563. The van der Waals surface area contributed by atoms with Crippen molar-refractivity contribution in [3.63, 3.8) is 0 Å². The van der Waals surface area contributed by atoms with Crippen molar-refractivity contribution in [1.29, 1.82) is 0 Å². The molecule has 0 aromatic carbocycles. The minimum Gasteiger partial charge on any atom is -0.475 e. The monoisotopic (exact) mass is 288 g/mol. The molecule has 0 saturated heterocycles. The molecule has 0 spiro atoms. The lowest BCUT2D eigenvalue weighted by Crippen LogP contribution is -2.13. The average molecular weight is 289 g/mol. The number of pyridine rings is 1. The molecule has 1 aromatic rings. The molecule has 1 rings (SSSR count). The lowest BCUT2D eigenvalue weighted by atomic mass is 10.2. The van der Waals surface area contributed by atoms with Crippen LogP contribution in [0.1, 0.15) is 12.5 Å². The zero-order valence-electron chi connectivity index (χ0n) is 11.4. The van der Waals surface area contributed by atoms with Crippen LogP contribution in [0.15, 0.2) is 12.3 Å². The molecule has 0 amide bonds. The fraction of sp³-hybridized carbons (Fsp3) is 0.615. The average Bonchev–Trinajstić information content (AvgIpc) is 2.43. The minimum absolute atomic E-state index is 0.457. The van der Waals surface area contributed by atoms with E-state index in [1.807, 2.05) is 13.0 Å². The first-order valence-electron chi connectivity index (χ1n) is 6.32. The molecule has 1 aromatic heterocycles. The highest BCUT2D eigenvalue weighted by Gasteiger charge is 2.04. The van der Waals surface area contributed by atoms with Gasteiger partial charge in [-0.05, 0) is 12.1 Å². The predicted molar refractivity (Wildman–Crippen MR) is 74.8 cm³/mol. The summed E-state index contributed by atoms with van der Waals surface area (Å²) >= 11 is 6.05. The third-order valence-corrected chi connectivity index (χ3v) is 2.72. The van der Waals surface area contributed by atoms with Gasteiger partial charge in [0, 0.05) is 25.9 Å². The number of aromatic nitrogens is 1. The Hall–Kier alpha value is -0.880. The quantitative estimate of drug-likeness (QED) is 0.666. The first kappa shape index (κ1) is 16.2. The van der Waals surface area contributed by atoms with E-state index in [1.165, 1.54) is 0 Å². The Labute approximate surface area is 119 Å². The van der Waals surface area contributed by atoms with Gasteiger partial charge >= 0.3 is 0 Å². The second-order valence-corrected chi connectivity index (χ2v) is 4.26. The number of nitrogens with zero attached hydrogens (tertiary/aromatic N) is 1. The predicted octanol–water partition coefficient (Wildman–Crippen LogP) is 1.89. The standard InChI is InChI=1S/C13H21ClN2O3/c1-3-15-9-11-8-13(16-10-12(11)14)19-7-6-18-5-4-17-2/h8,10,15H,3-7,9H2,1-2H3. The van der Waals surface area contributed by atoms with E-state index in [4.69, 9.17) is 25.8 Å². The third kappa shape index (κ3) is 6.73. The summed E-state index contributed by atoms with van der Waals surface area (Å²) in [6.45, 7) is 5.77. The van der Waals surface area contributed by atoms with Crippen LogP contribution in [-0.4, -0.2) is 45.1 Å². The van der Waals surface area contributed by atoms with Gasteiger partial charge in [-0.2, -0.15) is 0 Å². The summed E-state index contributed by atoms with van der Waals surface area (Å²) in [4.78, 5) is 4.12. The SMILES string of the molecule is CCNCc1cc(OCCOCCOC)ncc1Cl. The Morgan fingerprint density at radius 1 is 1.26 bits per heavy atom. The zero-order valence-corrected chi connectivity index (χ0v) is 12.2. The maximum atomic E-state index is 6.05. The highest BCUT2D eigenvalue weighted by Crippen LogP contribution is 2.19. The van der Waals surface area contributed by atoms with Crippen LogP contribution in [0.5, 0.6) is 5.88 Å². The van der Waals surface area contributed by atoms with Gasteiger partial charge in [0.25, 0.3) is 0 Å². The molecule has 5 nitrogen and oxygen atoms in total. The highest BCUT2D eigenvalue weighted by molar-refractivity contribution is 6.31. The normalized spacial score (nSPS) is 10.7. The van der Waals surface area contributed by atoms with E-state index in [1.54, 1.807) is 13.3 Å². The van der Waals surface area contributed by atoms with Crippen molar-refractivity contribution in [3.05, 3.63) is 22.8 Å². The van der Waals surface area contributed by atoms with Crippen LogP contribution in [0, 0.1) is 0 Å². The van der Waals surface area contributed by atoms with Gasteiger partial charge in [-0.15, -0.1) is 0 Å². The summed E-state index contributed by atoms with van der Waals surface area (Å²) in [5.41, 5.74) is 0.980. The van der Waals surface area contributed by atoms with Gasteiger partial charge in [0.2, 0.25) is 5.88 Å². The Kier molecular flexibility index (Phi) is 8.49. The maximum Gasteiger partial charge on any atom is 0.213 e. The van der Waals surface area contributed by atoms with Crippen LogP contribution in [0.25, 0.3) is 0 Å². The van der Waals surface area contributed by atoms with Gasteiger partial charge in [-0.3, -0.25) is 0 Å². The van der Waals surface area contributed by atoms with Crippen LogP contribution in [0.3, 0.4) is 0 Å². The van der Waals surface area contributed by atoms with E-state index < -0.39 is 0 Å². The molecule has 0 fully saturated rings. The highest BCUT2D eigenvalue weighted by atomic mass is 35.5.